The average molecular weight is 194 g/mol. The molecule has 0 aliphatic carbocycles. The zero-order valence-corrected chi connectivity index (χ0v) is 7.97. The van der Waals surface area contributed by atoms with E-state index in [4.69, 9.17) is 5.73 Å². The first-order valence-electron chi connectivity index (χ1n) is 4.83. The van der Waals surface area contributed by atoms with E-state index in [1.807, 2.05) is 0 Å². The lowest BCUT2D eigenvalue weighted by Crippen LogP contribution is -2.21. The summed E-state index contributed by atoms with van der Waals surface area (Å²) >= 11 is 0. The van der Waals surface area contributed by atoms with Crippen LogP contribution in [0.2, 0.25) is 0 Å². The van der Waals surface area contributed by atoms with Gasteiger partial charge >= 0.3 is 5.69 Å². The van der Waals surface area contributed by atoms with Gasteiger partial charge in [-0.15, -0.1) is 0 Å². The number of hydrogen-bond acceptors (Lipinski definition) is 4. The first-order chi connectivity index (χ1) is 6.81. The van der Waals surface area contributed by atoms with Crippen LogP contribution in [0.4, 0.5) is 0 Å². The molecule has 0 saturated heterocycles. The first-order valence-corrected chi connectivity index (χ1v) is 4.83. The molecular formula is C9H14N4O. The third-order valence-corrected chi connectivity index (χ3v) is 2.50. The van der Waals surface area contributed by atoms with E-state index in [9.17, 15) is 4.79 Å². The van der Waals surface area contributed by atoms with Gasteiger partial charge in [0.15, 0.2) is 0 Å². The van der Waals surface area contributed by atoms with Gasteiger partial charge in [-0.1, -0.05) is 0 Å². The number of rotatable bonds is 1. The molecule has 0 spiro atoms. The molecule has 0 saturated carbocycles. The van der Waals surface area contributed by atoms with Crippen molar-refractivity contribution in [1.29, 1.82) is 0 Å². The molecule has 0 amide bonds. The predicted molar refractivity (Wildman–Crippen MR) is 53.0 cm³/mol. The van der Waals surface area contributed by atoms with E-state index in [0.29, 0.717) is 6.54 Å². The summed E-state index contributed by atoms with van der Waals surface area (Å²) in [4.78, 5) is 17.9. The summed E-state index contributed by atoms with van der Waals surface area (Å²) in [7, 11) is 0. The average Bonchev–Trinajstić information content (AvgIpc) is 2.41. The summed E-state index contributed by atoms with van der Waals surface area (Å²) in [5.74, 6) is 0. The lowest BCUT2D eigenvalue weighted by atomic mass is 10.1. The molecular weight excluding hydrogens is 180 g/mol. The summed E-state index contributed by atoms with van der Waals surface area (Å²) in [5.41, 5.74) is 8.13. The lowest BCUT2D eigenvalue weighted by Gasteiger charge is -2.07. The minimum atomic E-state index is -0.286. The minimum Gasteiger partial charge on any atom is -0.325 e. The molecule has 1 aromatic heterocycles. The molecule has 2 rings (SSSR count). The van der Waals surface area contributed by atoms with Crippen LogP contribution in [0.5, 0.6) is 0 Å². The fourth-order valence-electron chi connectivity index (χ4n) is 1.83. The Morgan fingerprint density at radius 1 is 1.36 bits per heavy atom. The van der Waals surface area contributed by atoms with E-state index < -0.39 is 0 Å². The standard InChI is InChI=1S/C9H14N4O/c10-5-8-6-1-3-11-4-2-7(6)12-9(14)13-8/h11H,1-5,10H2,(H,12,13,14). The molecule has 5 heteroatoms. The summed E-state index contributed by atoms with van der Waals surface area (Å²) < 4.78 is 0. The second-order valence-electron chi connectivity index (χ2n) is 3.40. The fraction of sp³-hybridized carbons (Fsp3) is 0.556. The lowest BCUT2D eigenvalue weighted by molar-refractivity contribution is 0.707. The SMILES string of the molecule is NCc1nc(=O)[nH]c2c1CCNCC2. The van der Waals surface area contributed by atoms with Crippen molar-refractivity contribution in [3.8, 4) is 0 Å². The molecule has 1 aliphatic rings. The van der Waals surface area contributed by atoms with Crippen LogP contribution in [0.15, 0.2) is 4.79 Å². The Morgan fingerprint density at radius 3 is 2.93 bits per heavy atom. The molecule has 0 radical (unpaired) electrons. The molecule has 1 aromatic rings. The Hall–Kier alpha value is -1.20. The molecule has 0 aromatic carbocycles. The van der Waals surface area contributed by atoms with Crippen molar-refractivity contribution in [1.82, 2.24) is 15.3 Å². The van der Waals surface area contributed by atoms with Crippen LogP contribution in [0, 0.1) is 0 Å². The summed E-state index contributed by atoms with van der Waals surface area (Å²) in [5, 5.41) is 3.27. The molecule has 5 nitrogen and oxygen atoms in total. The molecule has 2 heterocycles. The molecule has 0 bridgehead atoms. The van der Waals surface area contributed by atoms with Gasteiger partial charge in [0.25, 0.3) is 0 Å². The maximum Gasteiger partial charge on any atom is 0.345 e. The van der Waals surface area contributed by atoms with E-state index in [0.717, 1.165) is 42.9 Å². The smallest absolute Gasteiger partial charge is 0.325 e. The molecule has 0 unspecified atom stereocenters. The number of nitrogens with zero attached hydrogens (tertiary/aromatic N) is 1. The highest BCUT2D eigenvalue weighted by Gasteiger charge is 2.13. The summed E-state index contributed by atoms with van der Waals surface area (Å²) in [6.45, 7) is 2.16. The summed E-state index contributed by atoms with van der Waals surface area (Å²) in [6, 6.07) is 0. The molecule has 0 fully saturated rings. The highest BCUT2D eigenvalue weighted by Crippen LogP contribution is 2.11. The number of nitrogens with one attached hydrogen (secondary N) is 2. The Bertz CT molecular complexity index is 385. The van der Waals surface area contributed by atoms with E-state index in [2.05, 4.69) is 15.3 Å². The number of H-pyrrole nitrogens is 1. The summed E-state index contributed by atoms with van der Waals surface area (Å²) in [6.07, 6.45) is 1.74. The molecule has 4 N–H and O–H groups in total. The van der Waals surface area contributed by atoms with Crippen molar-refractivity contribution in [2.45, 2.75) is 19.4 Å². The number of aromatic nitrogens is 2. The molecule has 14 heavy (non-hydrogen) atoms. The van der Waals surface area contributed by atoms with Gasteiger partial charge < -0.3 is 16.0 Å². The zero-order valence-electron chi connectivity index (χ0n) is 7.97. The maximum absolute atomic E-state index is 11.2. The Balaban J connectivity index is 2.52. The van der Waals surface area contributed by atoms with Gasteiger partial charge in [-0.05, 0) is 18.5 Å². The number of fused-ring (bicyclic) bond motifs is 1. The van der Waals surface area contributed by atoms with Crippen LogP contribution >= 0.6 is 0 Å². The van der Waals surface area contributed by atoms with Crippen LogP contribution in [0.25, 0.3) is 0 Å². The van der Waals surface area contributed by atoms with Gasteiger partial charge in [0.2, 0.25) is 0 Å². The van der Waals surface area contributed by atoms with Gasteiger partial charge in [0.1, 0.15) is 0 Å². The van der Waals surface area contributed by atoms with Crippen LogP contribution in [-0.2, 0) is 19.4 Å². The van der Waals surface area contributed by atoms with Gasteiger partial charge in [0.05, 0.1) is 5.69 Å². The van der Waals surface area contributed by atoms with Crippen molar-refractivity contribution in [3.63, 3.8) is 0 Å². The van der Waals surface area contributed by atoms with Gasteiger partial charge in [-0.25, -0.2) is 4.79 Å². The largest absolute Gasteiger partial charge is 0.345 e. The van der Waals surface area contributed by atoms with Gasteiger partial charge in [0, 0.05) is 25.2 Å². The second kappa shape index (κ2) is 3.89. The van der Waals surface area contributed by atoms with Gasteiger partial charge in [-0.2, -0.15) is 4.98 Å². The van der Waals surface area contributed by atoms with E-state index in [1.54, 1.807) is 0 Å². The highest BCUT2D eigenvalue weighted by molar-refractivity contribution is 5.26. The molecule has 0 atom stereocenters. The number of hydrogen-bond donors (Lipinski definition) is 3. The zero-order chi connectivity index (χ0) is 9.97. The third-order valence-electron chi connectivity index (χ3n) is 2.50. The molecule has 1 aliphatic heterocycles. The van der Waals surface area contributed by atoms with Crippen molar-refractivity contribution < 1.29 is 0 Å². The van der Waals surface area contributed by atoms with Crippen LogP contribution in [0.3, 0.4) is 0 Å². The van der Waals surface area contributed by atoms with Crippen molar-refractivity contribution in [2.24, 2.45) is 5.73 Å². The first kappa shape index (κ1) is 9.36. The fourth-order valence-corrected chi connectivity index (χ4v) is 1.83. The van der Waals surface area contributed by atoms with E-state index >= 15 is 0 Å². The second-order valence-corrected chi connectivity index (χ2v) is 3.40. The number of aromatic amines is 1. The maximum atomic E-state index is 11.2. The topological polar surface area (TPSA) is 83.8 Å². The van der Waals surface area contributed by atoms with Crippen LogP contribution < -0.4 is 16.7 Å². The Labute approximate surface area is 81.7 Å². The van der Waals surface area contributed by atoms with E-state index in [1.165, 1.54) is 0 Å². The van der Waals surface area contributed by atoms with Crippen molar-refractivity contribution in [3.05, 3.63) is 27.4 Å². The molecule has 76 valence electrons. The van der Waals surface area contributed by atoms with Crippen molar-refractivity contribution in [2.75, 3.05) is 13.1 Å². The monoisotopic (exact) mass is 194 g/mol. The quantitative estimate of drug-likeness (QED) is 0.531. The predicted octanol–water partition coefficient (Wildman–Crippen LogP) is -1.08. The minimum absolute atomic E-state index is 0.286. The van der Waals surface area contributed by atoms with E-state index in [-0.39, 0.29) is 5.69 Å². The van der Waals surface area contributed by atoms with Gasteiger partial charge in [-0.3, -0.25) is 0 Å². The number of nitrogens with two attached hydrogens (primary N) is 1. The van der Waals surface area contributed by atoms with Crippen molar-refractivity contribution >= 4 is 0 Å². The van der Waals surface area contributed by atoms with Crippen LogP contribution in [0.1, 0.15) is 17.0 Å². The highest BCUT2D eigenvalue weighted by atomic mass is 16.1. The Kier molecular flexibility index (Phi) is 2.60. The van der Waals surface area contributed by atoms with Crippen LogP contribution in [-0.4, -0.2) is 23.1 Å². The Morgan fingerprint density at radius 2 is 2.14 bits per heavy atom. The normalized spacial score (nSPS) is 16.1. The third kappa shape index (κ3) is 1.69.